The molecule has 0 heterocycles. The largest absolute Gasteiger partial charge is 0.488 e. The molecule has 1 N–H and O–H groups in total. The van der Waals surface area contributed by atoms with Crippen LogP contribution in [0.25, 0.3) is 0 Å². The van der Waals surface area contributed by atoms with Gasteiger partial charge in [-0.15, -0.1) is 0 Å². The van der Waals surface area contributed by atoms with Crippen molar-refractivity contribution < 1.29 is 9.53 Å². The minimum absolute atomic E-state index is 0.134. The van der Waals surface area contributed by atoms with E-state index in [0.29, 0.717) is 13.0 Å². The Bertz CT molecular complexity index is 390. The zero-order chi connectivity index (χ0) is 14.3. The highest BCUT2D eigenvalue weighted by Gasteiger charge is 2.11. The maximum atomic E-state index is 11.3. The fraction of sp³-hybridized carbons (Fsp3) is 0.562. The Morgan fingerprint density at radius 3 is 2.37 bits per heavy atom. The van der Waals surface area contributed by atoms with Crippen LogP contribution in [0.5, 0.6) is 5.75 Å². The Kier molecular flexibility index (Phi) is 5.87. The number of rotatable bonds is 6. The SMILES string of the molecule is CCCC(=O)NCCc1ccc(OC(C)(C)C)cc1. The second kappa shape index (κ2) is 7.17. The molecule has 0 bridgehead atoms. The molecule has 0 aliphatic heterocycles. The van der Waals surface area contributed by atoms with Gasteiger partial charge in [0.2, 0.25) is 5.91 Å². The molecule has 1 rings (SSSR count). The van der Waals surface area contributed by atoms with Gasteiger partial charge in [-0.05, 0) is 51.3 Å². The second-order valence-corrected chi connectivity index (χ2v) is 5.71. The molecule has 0 saturated carbocycles. The quantitative estimate of drug-likeness (QED) is 0.855. The first-order chi connectivity index (χ1) is 8.90. The molecule has 0 spiro atoms. The molecule has 0 fully saturated rings. The van der Waals surface area contributed by atoms with E-state index in [-0.39, 0.29) is 11.5 Å². The third-order valence-electron chi connectivity index (χ3n) is 2.56. The van der Waals surface area contributed by atoms with Gasteiger partial charge in [-0.25, -0.2) is 0 Å². The van der Waals surface area contributed by atoms with Crippen molar-refractivity contribution >= 4 is 5.91 Å². The summed E-state index contributed by atoms with van der Waals surface area (Å²) in [7, 11) is 0. The van der Waals surface area contributed by atoms with Crippen LogP contribution in [-0.4, -0.2) is 18.1 Å². The summed E-state index contributed by atoms with van der Waals surface area (Å²) in [5.41, 5.74) is 1.04. The third kappa shape index (κ3) is 6.85. The summed E-state index contributed by atoms with van der Waals surface area (Å²) in [6.07, 6.45) is 2.36. The molecule has 0 unspecified atom stereocenters. The van der Waals surface area contributed by atoms with Crippen molar-refractivity contribution in [2.24, 2.45) is 0 Å². The number of ether oxygens (including phenoxy) is 1. The third-order valence-corrected chi connectivity index (χ3v) is 2.56. The molecular weight excluding hydrogens is 238 g/mol. The molecule has 106 valence electrons. The normalized spacial score (nSPS) is 11.2. The Balaban J connectivity index is 2.38. The van der Waals surface area contributed by atoms with E-state index in [1.807, 2.05) is 52.0 Å². The number of benzene rings is 1. The summed E-state index contributed by atoms with van der Waals surface area (Å²) in [6.45, 7) is 8.80. The molecule has 0 aliphatic rings. The molecule has 19 heavy (non-hydrogen) atoms. The van der Waals surface area contributed by atoms with Crippen molar-refractivity contribution in [1.29, 1.82) is 0 Å². The summed E-state index contributed by atoms with van der Waals surface area (Å²) >= 11 is 0. The van der Waals surface area contributed by atoms with Gasteiger partial charge in [0.05, 0.1) is 0 Å². The van der Waals surface area contributed by atoms with Crippen molar-refractivity contribution in [2.75, 3.05) is 6.54 Å². The van der Waals surface area contributed by atoms with Gasteiger partial charge in [-0.2, -0.15) is 0 Å². The molecule has 0 aromatic heterocycles. The fourth-order valence-corrected chi connectivity index (χ4v) is 1.74. The number of hydrogen-bond acceptors (Lipinski definition) is 2. The van der Waals surface area contributed by atoms with Gasteiger partial charge in [0.25, 0.3) is 0 Å². The van der Waals surface area contributed by atoms with E-state index in [9.17, 15) is 4.79 Å². The Morgan fingerprint density at radius 2 is 1.84 bits per heavy atom. The van der Waals surface area contributed by atoms with Crippen LogP contribution in [-0.2, 0) is 11.2 Å². The lowest BCUT2D eigenvalue weighted by atomic mass is 10.1. The standard InChI is InChI=1S/C16H25NO2/c1-5-6-15(18)17-12-11-13-7-9-14(10-8-13)19-16(2,3)4/h7-10H,5-6,11-12H2,1-4H3,(H,17,18). The van der Waals surface area contributed by atoms with Crippen LogP contribution in [0.15, 0.2) is 24.3 Å². The lowest BCUT2D eigenvalue weighted by Gasteiger charge is -2.21. The van der Waals surface area contributed by atoms with Gasteiger partial charge in [0.15, 0.2) is 0 Å². The molecule has 0 radical (unpaired) electrons. The molecule has 0 saturated heterocycles. The Morgan fingerprint density at radius 1 is 1.21 bits per heavy atom. The smallest absolute Gasteiger partial charge is 0.219 e. The number of carbonyl (C=O) groups is 1. The minimum atomic E-state index is -0.171. The van der Waals surface area contributed by atoms with E-state index in [4.69, 9.17) is 4.74 Å². The molecule has 3 heteroatoms. The monoisotopic (exact) mass is 263 g/mol. The van der Waals surface area contributed by atoms with Crippen LogP contribution in [0.2, 0.25) is 0 Å². The van der Waals surface area contributed by atoms with Crippen LogP contribution >= 0.6 is 0 Å². The first-order valence-electron chi connectivity index (χ1n) is 6.95. The predicted octanol–water partition coefficient (Wildman–Crippen LogP) is 3.32. The zero-order valence-electron chi connectivity index (χ0n) is 12.5. The Hall–Kier alpha value is -1.51. The molecule has 1 aromatic rings. The summed E-state index contributed by atoms with van der Waals surface area (Å²) in [6, 6.07) is 8.06. The van der Waals surface area contributed by atoms with Gasteiger partial charge in [0.1, 0.15) is 11.4 Å². The van der Waals surface area contributed by atoms with Crippen LogP contribution in [0.3, 0.4) is 0 Å². The van der Waals surface area contributed by atoms with Crippen molar-refractivity contribution in [1.82, 2.24) is 5.32 Å². The molecule has 1 aromatic carbocycles. The fourth-order valence-electron chi connectivity index (χ4n) is 1.74. The summed E-state index contributed by atoms with van der Waals surface area (Å²) in [5.74, 6) is 1.02. The van der Waals surface area contributed by atoms with E-state index >= 15 is 0 Å². The lowest BCUT2D eigenvalue weighted by Crippen LogP contribution is -2.25. The minimum Gasteiger partial charge on any atom is -0.488 e. The van der Waals surface area contributed by atoms with E-state index in [0.717, 1.165) is 18.6 Å². The summed E-state index contributed by atoms with van der Waals surface area (Å²) in [4.78, 5) is 11.3. The number of amides is 1. The van der Waals surface area contributed by atoms with E-state index in [1.54, 1.807) is 0 Å². The zero-order valence-corrected chi connectivity index (χ0v) is 12.5. The average Bonchev–Trinajstić information content (AvgIpc) is 2.30. The van der Waals surface area contributed by atoms with Crippen LogP contribution in [0.1, 0.15) is 46.1 Å². The van der Waals surface area contributed by atoms with Gasteiger partial charge >= 0.3 is 0 Å². The van der Waals surface area contributed by atoms with Crippen LogP contribution < -0.4 is 10.1 Å². The summed E-state index contributed by atoms with van der Waals surface area (Å²) < 4.78 is 5.76. The van der Waals surface area contributed by atoms with Gasteiger partial charge < -0.3 is 10.1 Å². The van der Waals surface area contributed by atoms with Crippen molar-refractivity contribution in [2.45, 2.75) is 52.6 Å². The number of hydrogen-bond donors (Lipinski definition) is 1. The van der Waals surface area contributed by atoms with Crippen molar-refractivity contribution in [3.05, 3.63) is 29.8 Å². The van der Waals surface area contributed by atoms with Crippen molar-refractivity contribution in [3.8, 4) is 5.75 Å². The van der Waals surface area contributed by atoms with E-state index in [1.165, 1.54) is 5.56 Å². The highest BCUT2D eigenvalue weighted by Crippen LogP contribution is 2.18. The number of nitrogens with one attached hydrogen (secondary N) is 1. The van der Waals surface area contributed by atoms with Crippen LogP contribution in [0, 0.1) is 0 Å². The molecule has 3 nitrogen and oxygen atoms in total. The highest BCUT2D eigenvalue weighted by molar-refractivity contribution is 5.75. The Labute approximate surface area is 116 Å². The summed E-state index contributed by atoms with van der Waals surface area (Å²) in [5, 5.41) is 2.91. The van der Waals surface area contributed by atoms with E-state index < -0.39 is 0 Å². The van der Waals surface area contributed by atoms with Gasteiger partial charge in [0, 0.05) is 13.0 Å². The first kappa shape index (κ1) is 15.5. The topological polar surface area (TPSA) is 38.3 Å². The number of carbonyl (C=O) groups excluding carboxylic acids is 1. The second-order valence-electron chi connectivity index (χ2n) is 5.71. The lowest BCUT2D eigenvalue weighted by molar-refractivity contribution is -0.121. The average molecular weight is 263 g/mol. The molecule has 0 atom stereocenters. The molecule has 0 aliphatic carbocycles. The van der Waals surface area contributed by atoms with Gasteiger partial charge in [-0.3, -0.25) is 4.79 Å². The van der Waals surface area contributed by atoms with E-state index in [2.05, 4.69) is 5.32 Å². The maximum absolute atomic E-state index is 11.3. The van der Waals surface area contributed by atoms with Crippen LogP contribution in [0.4, 0.5) is 0 Å². The van der Waals surface area contributed by atoms with Crippen molar-refractivity contribution in [3.63, 3.8) is 0 Å². The maximum Gasteiger partial charge on any atom is 0.219 e. The molecule has 1 amide bonds. The predicted molar refractivity (Wildman–Crippen MR) is 78.4 cm³/mol. The highest BCUT2D eigenvalue weighted by atomic mass is 16.5. The molecular formula is C16H25NO2. The first-order valence-corrected chi connectivity index (χ1v) is 6.95. The van der Waals surface area contributed by atoms with Gasteiger partial charge in [-0.1, -0.05) is 19.1 Å².